The molecule has 24 heavy (non-hydrogen) atoms. The molecule has 6 heteroatoms. The lowest BCUT2D eigenvalue weighted by molar-refractivity contribution is -0.116. The largest absolute Gasteiger partial charge is 0.324 e. The van der Waals surface area contributed by atoms with Gasteiger partial charge in [-0.25, -0.2) is 15.0 Å². The van der Waals surface area contributed by atoms with Crippen molar-refractivity contribution in [2.24, 2.45) is 0 Å². The van der Waals surface area contributed by atoms with E-state index in [1.807, 2.05) is 36.0 Å². The van der Waals surface area contributed by atoms with Crippen LogP contribution >= 0.6 is 11.3 Å². The van der Waals surface area contributed by atoms with Gasteiger partial charge in [0, 0.05) is 18.3 Å². The van der Waals surface area contributed by atoms with Crippen LogP contribution in [-0.4, -0.2) is 20.7 Å². The molecule has 1 aliphatic rings. The van der Waals surface area contributed by atoms with E-state index in [9.17, 15) is 4.79 Å². The van der Waals surface area contributed by atoms with Gasteiger partial charge in [-0.2, -0.15) is 0 Å². The molecule has 0 spiro atoms. The van der Waals surface area contributed by atoms with Crippen molar-refractivity contribution in [3.8, 4) is 10.6 Å². The van der Waals surface area contributed by atoms with Crippen LogP contribution in [0.1, 0.15) is 23.7 Å². The molecular formula is C18H16N4OS. The Kier molecular flexibility index (Phi) is 3.82. The lowest BCUT2D eigenvalue weighted by Gasteiger charge is -2.15. The van der Waals surface area contributed by atoms with E-state index in [-0.39, 0.29) is 5.78 Å². The maximum Gasteiger partial charge on any atom is 0.227 e. The zero-order chi connectivity index (χ0) is 16.5. The van der Waals surface area contributed by atoms with Crippen molar-refractivity contribution >= 4 is 28.8 Å². The second kappa shape index (κ2) is 6.13. The van der Waals surface area contributed by atoms with E-state index >= 15 is 0 Å². The van der Waals surface area contributed by atoms with Gasteiger partial charge in [-0.05, 0) is 43.0 Å². The molecule has 1 aliphatic carbocycles. The van der Waals surface area contributed by atoms with Crippen LogP contribution < -0.4 is 5.32 Å². The van der Waals surface area contributed by atoms with E-state index < -0.39 is 0 Å². The summed E-state index contributed by atoms with van der Waals surface area (Å²) < 4.78 is 0. The number of nitrogens with one attached hydrogen (secondary N) is 1. The fourth-order valence-corrected chi connectivity index (χ4v) is 3.78. The molecule has 0 saturated carbocycles. The molecule has 3 aromatic rings. The summed E-state index contributed by atoms with van der Waals surface area (Å²) in [5.41, 5.74) is 7.02. The molecule has 2 aromatic heterocycles. The first-order valence-electron chi connectivity index (χ1n) is 7.83. The number of rotatable bonds is 4. The molecule has 4 rings (SSSR count). The molecule has 0 aliphatic heterocycles. The third-order valence-electron chi connectivity index (χ3n) is 3.99. The molecule has 0 radical (unpaired) electrons. The van der Waals surface area contributed by atoms with Gasteiger partial charge in [-0.15, -0.1) is 11.3 Å². The minimum atomic E-state index is 0.148. The second-order valence-electron chi connectivity index (χ2n) is 5.90. The topological polar surface area (TPSA) is 67.8 Å². The maximum absolute atomic E-state index is 11.3. The molecule has 1 aromatic carbocycles. The first-order chi connectivity index (χ1) is 11.7. The number of fused-ring (bicyclic) bond motifs is 3. The van der Waals surface area contributed by atoms with Crippen molar-refractivity contribution in [2.75, 3.05) is 5.32 Å². The summed E-state index contributed by atoms with van der Waals surface area (Å²) >= 11 is 1.63. The highest BCUT2D eigenvalue weighted by Crippen LogP contribution is 2.34. The molecule has 120 valence electrons. The van der Waals surface area contributed by atoms with E-state index in [1.54, 1.807) is 18.3 Å². The van der Waals surface area contributed by atoms with Crippen LogP contribution in [0.3, 0.4) is 0 Å². The highest BCUT2D eigenvalue weighted by Gasteiger charge is 2.20. The maximum atomic E-state index is 11.3. The van der Waals surface area contributed by atoms with Gasteiger partial charge in [0.15, 0.2) is 0 Å². The van der Waals surface area contributed by atoms with E-state index in [0.717, 1.165) is 40.4 Å². The van der Waals surface area contributed by atoms with Crippen LogP contribution in [0.15, 0.2) is 36.0 Å². The number of benzene rings is 1. The number of carbonyl (C=O) groups excluding carboxylic acids is 1. The first-order valence-corrected chi connectivity index (χ1v) is 8.71. The number of nitrogens with zero attached hydrogens (tertiary/aromatic N) is 3. The predicted molar refractivity (Wildman–Crippen MR) is 94.7 cm³/mol. The molecule has 0 atom stereocenters. The first kappa shape index (κ1) is 15.0. The SMILES string of the molecule is CC(=O)Cc1cccc(Nc2ncc3c(n2)-c2scnc2CC3)c1. The minimum Gasteiger partial charge on any atom is -0.324 e. The molecule has 0 amide bonds. The molecular weight excluding hydrogens is 320 g/mol. The number of Topliss-reactive ketones (excluding diaryl/α,β-unsaturated/α-hetero) is 1. The van der Waals surface area contributed by atoms with Gasteiger partial charge in [-0.3, -0.25) is 4.79 Å². The van der Waals surface area contributed by atoms with Crippen LogP contribution in [0.2, 0.25) is 0 Å². The second-order valence-corrected chi connectivity index (χ2v) is 6.75. The molecule has 0 bridgehead atoms. The number of aromatic nitrogens is 3. The molecule has 0 fully saturated rings. The fraction of sp³-hybridized carbons (Fsp3) is 0.222. The number of carbonyl (C=O) groups is 1. The Bertz CT molecular complexity index is 919. The van der Waals surface area contributed by atoms with Crippen molar-refractivity contribution < 1.29 is 4.79 Å². The summed E-state index contributed by atoms with van der Waals surface area (Å²) in [7, 11) is 0. The van der Waals surface area contributed by atoms with E-state index in [4.69, 9.17) is 4.98 Å². The summed E-state index contributed by atoms with van der Waals surface area (Å²) in [4.78, 5) is 26.0. The van der Waals surface area contributed by atoms with Crippen molar-refractivity contribution in [1.29, 1.82) is 0 Å². The highest BCUT2D eigenvalue weighted by molar-refractivity contribution is 7.13. The zero-order valence-corrected chi connectivity index (χ0v) is 14.1. The van der Waals surface area contributed by atoms with Gasteiger partial charge in [0.2, 0.25) is 5.95 Å². The van der Waals surface area contributed by atoms with Crippen molar-refractivity contribution in [2.45, 2.75) is 26.2 Å². The lowest BCUT2D eigenvalue weighted by atomic mass is 10.00. The molecule has 0 unspecified atom stereocenters. The standard InChI is InChI=1S/C18H16N4OS/c1-11(23)7-12-3-2-4-14(8-12)21-18-19-9-13-5-6-15-17(16(13)22-18)24-10-20-15/h2-4,8-10H,5-7H2,1H3,(H,19,21,22). The van der Waals surface area contributed by atoms with Gasteiger partial charge in [0.05, 0.1) is 21.8 Å². The quantitative estimate of drug-likeness (QED) is 0.789. The van der Waals surface area contributed by atoms with E-state index in [2.05, 4.69) is 15.3 Å². The number of anilines is 2. The van der Waals surface area contributed by atoms with Crippen LogP contribution in [0.4, 0.5) is 11.6 Å². The van der Waals surface area contributed by atoms with Crippen LogP contribution in [0.5, 0.6) is 0 Å². The van der Waals surface area contributed by atoms with Crippen LogP contribution in [0.25, 0.3) is 10.6 Å². The van der Waals surface area contributed by atoms with E-state index in [0.29, 0.717) is 12.4 Å². The van der Waals surface area contributed by atoms with Gasteiger partial charge in [0.25, 0.3) is 0 Å². The summed E-state index contributed by atoms with van der Waals surface area (Å²) in [6.45, 7) is 1.60. The molecule has 2 heterocycles. The number of ketones is 1. The predicted octanol–water partition coefficient (Wildman–Crippen LogP) is 3.57. The normalized spacial score (nSPS) is 12.4. The third-order valence-corrected chi connectivity index (χ3v) is 4.86. The molecule has 1 N–H and O–H groups in total. The lowest BCUT2D eigenvalue weighted by Crippen LogP contribution is -2.07. The minimum absolute atomic E-state index is 0.148. The smallest absolute Gasteiger partial charge is 0.227 e. The Morgan fingerprint density at radius 2 is 2.21 bits per heavy atom. The number of thiazole rings is 1. The monoisotopic (exact) mass is 336 g/mol. The van der Waals surface area contributed by atoms with Crippen molar-refractivity contribution in [3.05, 3.63) is 52.8 Å². The van der Waals surface area contributed by atoms with Gasteiger partial charge < -0.3 is 5.32 Å². The van der Waals surface area contributed by atoms with Gasteiger partial charge >= 0.3 is 0 Å². The third kappa shape index (κ3) is 2.92. The summed E-state index contributed by atoms with van der Waals surface area (Å²) in [5.74, 6) is 0.713. The number of hydrogen-bond acceptors (Lipinski definition) is 6. The van der Waals surface area contributed by atoms with Crippen LogP contribution in [0, 0.1) is 0 Å². The van der Waals surface area contributed by atoms with Crippen molar-refractivity contribution in [3.63, 3.8) is 0 Å². The Morgan fingerprint density at radius 3 is 3.08 bits per heavy atom. The highest BCUT2D eigenvalue weighted by atomic mass is 32.1. The van der Waals surface area contributed by atoms with Gasteiger partial charge in [0.1, 0.15) is 5.78 Å². The Labute approximate surface area is 143 Å². The summed E-state index contributed by atoms with van der Waals surface area (Å²) in [6, 6.07) is 7.79. The molecule has 0 saturated heterocycles. The average molecular weight is 336 g/mol. The summed E-state index contributed by atoms with van der Waals surface area (Å²) in [5, 5.41) is 3.24. The van der Waals surface area contributed by atoms with Crippen LogP contribution in [-0.2, 0) is 24.1 Å². The Hall–Kier alpha value is -2.60. The Balaban J connectivity index is 1.63. The van der Waals surface area contributed by atoms with E-state index in [1.165, 1.54) is 5.56 Å². The number of aryl methyl sites for hydroxylation is 2. The zero-order valence-electron chi connectivity index (χ0n) is 13.2. The van der Waals surface area contributed by atoms with Gasteiger partial charge in [-0.1, -0.05) is 12.1 Å². The van der Waals surface area contributed by atoms with Crippen molar-refractivity contribution in [1.82, 2.24) is 15.0 Å². The average Bonchev–Trinajstić information content (AvgIpc) is 3.03. The Morgan fingerprint density at radius 1 is 1.29 bits per heavy atom. The molecule has 5 nitrogen and oxygen atoms in total. The summed E-state index contributed by atoms with van der Waals surface area (Å²) in [6.07, 6.45) is 4.22. The fourth-order valence-electron chi connectivity index (χ4n) is 2.92. The number of hydrogen-bond donors (Lipinski definition) is 1.